The number of amides is 1. The van der Waals surface area contributed by atoms with E-state index in [1.807, 2.05) is 41.9 Å². The van der Waals surface area contributed by atoms with Crippen LogP contribution < -0.4 is 5.32 Å². The molecule has 0 spiro atoms. The van der Waals surface area contributed by atoms with Gasteiger partial charge >= 0.3 is 0 Å². The molecule has 0 radical (unpaired) electrons. The number of carbonyl (C=O) groups excluding carboxylic acids is 1. The maximum absolute atomic E-state index is 12.1. The average molecular weight is 327 g/mol. The number of aromatic nitrogens is 2. The van der Waals surface area contributed by atoms with Crippen LogP contribution in [0.1, 0.15) is 30.5 Å². The van der Waals surface area contributed by atoms with Gasteiger partial charge in [-0.25, -0.2) is 4.68 Å². The van der Waals surface area contributed by atoms with E-state index in [-0.39, 0.29) is 11.8 Å². The minimum Gasteiger partial charge on any atom is -0.381 e. The van der Waals surface area contributed by atoms with Crippen LogP contribution in [0.15, 0.2) is 36.5 Å². The van der Waals surface area contributed by atoms with Crippen molar-refractivity contribution < 1.29 is 9.53 Å². The topological polar surface area (TPSA) is 56.2 Å². The Balaban J connectivity index is 1.47. The Bertz CT molecular complexity index is 661. The lowest BCUT2D eigenvalue weighted by Gasteiger charge is -2.21. The first-order valence-corrected chi connectivity index (χ1v) is 8.70. The molecule has 24 heavy (non-hydrogen) atoms. The molecule has 2 aromatic rings. The molecule has 0 bridgehead atoms. The molecule has 2 heterocycles. The van der Waals surface area contributed by atoms with Crippen molar-refractivity contribution in [1.82, 2.24) is 15.1 Å². The molecule has 128 valence electrons. The van der Waals surface area contributed by atoms with Gasteiger partial charge in [0.2, 0.25) is 5.91 Å². The number of carbonyl (C=O) groups is 1. The molecule has 0 aliphatic carbocycles. The van der Waals surface area contributed by atoms with E-state index in [1.165, 1.54) is 5.56 Å². The maximum Gasteiger partial charge on any atom is 0.223 e. The quantitative estimate of drug-likeness (QED) is 0.830. The molecule has 1 saturated heterocycles. The standard InChI is InChI=1S/C19H25N3O2/c1-15-17(14-22(21-15)18-7-3-2-4-8-18)6-5-11-20-19(23)16-9-12-24-13-10-16/h2-4,7-8,14,16H,5-6,9-13H2,1H3,(H,20,23). The number of rotatable bonds is 6. The summed E-state index contributed by atoms with van der Waals surface area (Å²) in [6.45, 7) is 4.16. The van der Waals surface area contributed by atoms with E-state index in [2.05, 4.69) is 16.6 Å². The molecule has 1 amide bonds. The minimum atomic E-state index is 0.126. The Hall–Kier alpha value is -2.14. The van der Waals surface area contributed by atoms with Crippen LogP contribution in [0, 0.1) is 12.8 Å². The highest BCUT2D eigenvalue weighted by atomic mass is 16.5. The van der Waals surface area contributed by atoms with Gasteiger partial charge in [0.25, 0.3) is 0 Å². The summed E-state index contributed by atoms with van der Waals surface area (Å²) in [5.41, 5.74) is 3.36. The first kappa shape index (κ1) is 16.7. The molecule has 0 unspecified atom stereocenters. The predicted octanol–water partition coefficient (Wildman–Crippen LogP) is 2.66. The molecular formula is C19H25N3O2. The fraction of sp³-hybridized carbons (Fsp3) is 0.474. The normalized spacial score (nSPS) is 15.4. The number of hydrogen-bond acceptors (Lipinski definition) is 3. The third kappa shape index (κ3) is 4.23. The minimum absolute atomic E-state index is 0.126. The monoisotopic (exact) mass is 327 g/mol. The third-order valence-electron chi connectivity index (χ3n) is 4.54. The van der Waals surface area contributed by atoms with Crippen LogP contribution in [0.5, 0.6) is 0 Å². The Kier molecular flexibility index (Phi) is 5.64. The van der Waals surface area contributed by atoms with Crippen LogP contribution >= 0.6 is 0 Å². The Morgan fingerprint density at radius 3 is 2.79 bits per heavy atom. The van der Waals surface area contributed by atoms with Gasteiger partial charge < -0.3 is 10.1 Å². The Morgan fingerprint density at radius 1 is 1.29 bits per heavy atom. The van der Waals surface area contributed by atoms with Crippen LogP contribution in [0.25, 0.3) is 5.69 Å². The smallest absolute Gasteiger partial charge is 0.223 e. The number of benzene rings is 1. The summed E-state index contributed by atoms with van der Waals surface area (Å²) in [7, 11) is 0. The molecular weight excluding hydrogens is 302 g/mol. The van der Waals surface area contributed by atoms with Gasteiger partial charge in [-0.1, -0.05) is 18.2 Å². The van der Waals surface area contributed by atoms with Crippen LogP contribution in [-0.4, -0.2) is 35.4 Å². The number of nitrogens with zero attached hydrogens (tertiary/aromatic N) is 2. The molecule has 5 nitrogen and oxygen atoms in total. The first-order valence-electron chi connectivity index (χ1n) is 8.70. The first-order chi connectivity index (χ1) is 11.7. The summed E-state index contributed by atoms with van der Waals surface area (Å²) in [6, 6.07) is 10.1. The second kappa shape index (κ2) is 8.11. The van der Waals surface area contributed by atoms with Crippen molar-refractivity contribution >= 4 is 5.91 Å². The number of nitrogens with one attached hydrogen (secondary N) is 1. The molecule has 1 aliphatic heterocycles. The Morgan fingerprint density at radius 2 is 2.04 bits per heavy atom. The van der Waals surface area contributed by atoms with Crippen molar-refractivity contribution in [2.45, 2.75) is 32.6 Å². The van der Waals surface area contributed by atoms with Gasteiger partial charge in [-0.05, 0) is 50.3 Å². The van der Waals surface area contributed by atoms with Gasteiger partial charge in [-0.2, -0.15) is 5.10 Å². The zero-order chi connectivity index (χ0) is 16.8. The molecule has 1 aromatic carbocycles. The van der Waals surface area contributed by atoms with E-state index in [0.29, 0.717) is 19.8 Å². The van der Waals surface area contributed by atoms with Gasteiger partial charge in [0.15, 0.2) is 0 Å². The summed E-state index contributed by atoms with van der Waals surface area (Å²) in [5.74, 6) is 0.302. The zero-order valence-electron chi connectivity index (χ0n) is 14.2. The van der Waals surface area contributed by atoms with E-state index < -0.39 is 0 Å². The van der Waals surface area contributed by atoms with Crippen LogP contribution in [-0.2, 0) is 16.0 Å². The second-order valence-corrected chi connectivity index (χ2v) is 6.30. The van der Waals surface area contributed by atoms with Crippen molar-refractivity contribution in [3.63, 3.8) is 0 Å². The fourth-order valence-electron chi connectivity index (χ4n) is 3.05. The lowest BCUT2D eigenvalue weighted by atomic mass is 9.99. The number of para-hydroxylation sites is 1. The SMILES string of the molecule is Cc1nn(-c2ccccc2)cc1CCCNC(=O)C1CCOCC1. The van der Waals surface area contributed by atoms with Gasteiger partial charge in [0, 0.05) is 31.9 Å². The average Bonchev–Trinajstić information content (AvgIpc) is 3.01. The highest BCUT2D eigenvalue weighted by Crippen LogP contribution is 2.15. The molecule has 5 heteroatoms. The van der Waals surface area contributed by atoms with Crippen LogP contribution in [0.4, 0.5) is 0 Å². The van der Waals surface area contributed by atoms with E-state index in [1.54, 1.807) is 0 Å². The summed E-state index contributed by atoms with van der Waals surface area (Å²) in [4.78, 5) is 12.1. The lowest BCUT2D eigenvalue weighted by Crippen LogP contribution is -2.34. The summed E-state index contributed by atoms with van der Waals surface area (Å²) >= 11 is 0. The molecule has 3 rings (SSSR count). The molecule has 1 aliphatic rings. The highest BCUT2D eigenvalue weighted by Gasteiger charge is 2.20. The molecule has 0 atom stereocenters. The van der Waals surface area contributed by atoms with Gasteiger partial charge in [-0.3, -0.25) is 4.79 Å². The molecule has 0 saturated carbocycles. The van der Waals surface area contributed by atoms with Crippen LogP contribution in [0.3, 0.4) is 0 Å². The van der Waals surface area contributed by atoms with Gasteiger partial charge in [-0.15, -0.1) is 0 Å². The van der Waals surface area contributed by atoms with Crippen LogP contribution in [0.2, 0.25) is 0 Å². The van der Waals surface area contributed by atoms with E-state index in [4.69, 9.17) is 4.74 Å². The van der Waals surface area contributed by atoms with Gasteiger partial charge in [0.1, 0.15) is 0 Å². The van der Waals surface area contributed by atoms with Crippen molar-refractivity contribution in [3.8, 4) is 5.69 Å². The zero-order valence-corrected chi connectivity index (χ0v) is 14.2. The summed E-state index contributed by atoms with van der Waals surface area (Å²) < 4.78 is 7.22. The summed E-state index contributed by atoms with van der Waals surface area (Å²) in [6.07, 6.45) is 5.62. The van der Waals surface area contributed by atoms with Crippen molar-refractivity contribution in [2.75, 3.05) is 19.8 Å². The van der Waals surface area contributed by atoms with Crippen molar-refractivity contribution in [2.24, 2.45) is 5.92 Å². The largest absolute Gasteiger partial charge is 0.381 e. The van der Waals surface area contributed by atoms with E-state index >= 15 is 0 Å². The third-order valence-corrected chi connectivity index (χ3v) is 4.54. The molecule has 1 N–H and O–H groups in total. The summed E-state index contributed by atoms with van der Waals surface area (Å²) in [5, 5.41) is 7.64. The number of ether oxygens (including phenoxy) is 1. The second-order valence-electron chi connectivity index (χ2n) is 6.30. The number of hydrogen-bond donors (Lipinski definition) is 1. The maximum atomic E-state index is 12.1. The number of aryl methyl sites for hydroxylation is 2. The molecule has 1 fully saturated rings. The van der Waals surface area contributed by atoms with E-state index in [9.17, 15) is 4.79 Å². The predicted molar refractivity (Wildman–Crippen MR) is 93.2 cm³/mol. The van der Waals surface area contributed by atoms with Crippen molar-refractivity contribution in [1.29, 1.82) is 0 Å². The lowest BCUT2D eigenvalue weighted by molar-refractivity contribution is -0.127. The Labute approximate surface area is 143 Å². The fourth-order valence-corrected chi connectivity index (χ4v) is 3.05. The van der Waals surface area contributed by atoms with Gasteiger partial charge in [0.05, 0.1) is 11.4 Å². The van der Waals surface area contributed by atoms with E-state index in [0.717, 1.165) is 37.1 Å². The van der Waals surface area contributed by atoms with Crippen molar-refractivity contribution in [3.05, 3.63) is 47.8 Å². The highest BCUT2D eigenvalue weighted by molar-refractivity contribution is 5.78. The molecule has 1 aromatic heterocycles.